The van der Waals surface area contributed by atoms with Crippen molar-refractivity contribution in [3.05, 3.63) is 54.1 Å². The van der Waals surface area contributed by atoms with Gasteiger partial charge in [0.1, 0.15) is 11.5 Å². The number of aromatic hydroxyl groups is 1. The van der Waals surface area contributed by atoms with Crippen molar-refractivity contribution in [2.45, 2.75) is 12.5 Å². The van der Waals surface area contributed by atoms with Crippen LogP contribution in [0, 0.1) is 0 Å². The number of ether oxygens (including phenoxy) is 1. The van der Waals surface area contributed by atoms with Crippen LogP contribution in [0.3, 0.4) is 0 Å². The number of benzene rings is 2. The van der Waals surface area contributed by atoms with Crippen molar-refractivity contribution < 1.29 is 19.5 Å². The largest absolute Gasteiger partial charge is 0.508 e. The zero-order chi connectivity index (χ0) is 16.2. The number of rotatable bonds is 4. The van der Waals surface area contributed by atoms with Gasteiger partial charge in [0.15, 0.2) is 0 Å². The predicted molar refractivity (Wildman–Crippen MR) is 85.8 cm³/mol. The van der Waals surface area contributed by atoms with Gasteiger partial charge in [-0.2, -0.15) is 0 Å². The first-order chi connectivity index (χ1) is 11.2. The highest BCUT2D eigenvalue weighted by molar-refractivity contribution is 6.07. The summed E-state index contributed by atoms with van der Waals surface area (Å²) in [4.78, 5) is 17.5. The van der Waals surface area contributed by atoms with E-state index in [0.29, 0.717) is 23.6 Å². The molecule has 0 unspecified atom stereocenters. The quantitative estimate of drug-likeness (QED) is 0.909. The van der Waals surface area contributed by atoms with Crippen molar-refractivity contribution >= 4 is 17.3 Å². The van der Waals surface area contributed by atoms with Crippen molar-refractivity contribution in [2.75, 3.05) is 12.4 Å². The third-order valence-corrected chi connectivity index (χ3v) is 3.49. The van der Waals surface area contributed by atoms with Crippen LogP contribution in [-0.2, 0) is 9.63 Å². The smallest absolute Gasteiger partial charge is 0.268 e. The molecule has 6 nitrogen and oxygen atoms in total. The molecule has 0 saturated heterocycles. The SMILES string of the molecule is COc1ccccc1C1=NO[C@H](C(=O)Nc2cccc(O)c2)C1. The number of nitrogens with one attached hydrogen (secondary N) is 1. The summed E-state index contributed by atoms with van der Waals surface area (Å²) in [5, 5.41) is 16.1. The van der Waals surface area contributed by atoms with Gasteiger partial charge in [-0.05, 0) is 24.3 Å². The van der Waals surface area contributed by atoms with Crippen LogP contribution in [0.4, 0.5) is 5.69 Å². The van der Waals surface area contributed by atoms with Crippen molar-refractivity contribution in [3.8, 4) is 11.5 Å². The Labute approximate surface area is 133 Å². The third-order valence-electron chi connectivity index (χ3n) is 3.49. The highest BCUT2D eigenvalue weighted by Gasteiger charge is 2.30. The summed E-state index contributed by atoms with van der Waals surface area (Å²) in [7, 11) is 1.58. The van der Waals surface area contributed by atoms with Gasteiger partial charge >= 0.3 is 0 Å². The van der Waals surface area contributed by atoms with Gasteiger partial charge in [0.25, 0.3) is 5.91 Å². The highest BCUT2D eigenvalue weighted by Crippen LogP contribution is 2.25. The van der Waals surface area contributed by atoms with Gasteiger partial charge in [0.05, 0.1) is 12.8 Å². The second-order valence-electron chi connectivity index (χ2n) is 5.08. The molecule has 1 aliphatic heterocycles. The topological polar surface area (TPSA) is 80.2 Å². The van der Waals surface area contributed by atoms with Gasteiger partial charge in [-0.15, -0.1) is 0 Å². The molecular formula is C17H16N2O4. The summed E-state index contributed by atoms with van der Waals surface area (Å²) in [6, 6.07) is 13.8. The lowest BCUT2D eigenvalue weighted by Gasteiger charge is -2.10. The number of para-hydroxylation sites is 1. The molecule has 3 rings (SSSR count). The van der Waals surface area contributed by atoms with Gasteiger partial charge < -0.3 is 20.0 Å². The molecule has 1 heterocycles. The molecule has 0 spiro atoms. The van der Waals surface area contributed by atoms with Crippen LogP contribution in [0.1, 0.15) is 12.0 Å². The third kappa shape index (κ3) is 3.26. The Morgan fingerprint density at radius 2 is 2.13 bits per heavy atom. The molecule has 2 aromatic carbocycles. The number of carbonyl (C=O) groups excluding carboxylic acids is 1. The standard InChI is InChI=1S/C17H16N2O4/c1-22-15-8-3-2-7-13(15)14-10-16(23-19-14)17(21)18-11-5-4-6-12(20)9-11/h2-9,16,20H,10H2,1H3,(H,18,21)/t16-/m0/s1. The zero-order valence-corrected chi connectivity index (χ0v) is 12.5. The number of hydrogen-bond acceptors (Lipinski definition) is 5. The molecule has 23 heavy (non-hydrogen) atoms. The van der Waals surface area contributed by atoms with E-state index in [2.05, 4.69) is 10.5 Å². The number of anilines is 1. The van der Waals surface area contributed by atoms with Crippen LogP contribution in [0.5, 0.6) is 11.5 Å². The Balaban J connectivity index is 1.68. The van der Waals surface area contributed by atoms with Crippen molar-refractivity contribution in [1.82, 2.24) is 0 Å². The van der Waals surface area contributed by atoms with E-state index >= 15 is 0 Å². The second kappa shape index (κ2) is 6.39. The zero-order valence-electron chi connectivity index (χ0n) is 12.5. The molecule has 0 bridgehead atoms. The minimum atomic E-state index is -0.711. The van der Waals surface area contributed by atoms with Crippen molar-refractivity contribution in [2.24, 2.45) is 5.16 Å². The van der Waals surface area contributed by atoms with Crippen molar-refractivity contribution in [1.29, 1.82) is 0 Å². The maximum absolute atomic E-state index is 12.2. The maximum atomic E-state index is 12.2. The predicted octanol–water partition coefficient (Wildman–Crippen LogP) is 2.53. The lowest BCUT2D eigenvalue weighted by atomic mass is 10.0. The lowest BCUT2D eigenvalue weighted by molar-refractivity contribution is -0.125. The monoisotopic (exact) mass is 312 g/mol. The van der Waals surface area contributed by atoms with E-state index in [4.69, 9.17) is 9.57 Å². The van der Waals surface area contributed by atoms with E-state index in [1.54, 1.807) is 19.2 Å². The number of carbonyl (C=O) groups is 1. The van der Waals surface area contributed by atoms with E-state index in [-0.39, 0.29) is 11.7 Å². The van der Waals surface area contributed by atoms with E-state index in [1.807, 2.05) is 24.3 Å². The summed E-state index contributed by atoms with van der Waals surface area (Å²) < 4.78 is 5.30. The molecule has 2 N–H and O–H groups in total. The van der Waals surface area contributed by atoms with Crippen LogP contribution < -0.4 is 10.1 Å². The Morgan fingerprint density at radius 3 is 2.91 bits per heavy atom. The number of hydrogen-bond donors (Lipinski definition) is 2. The van der Waals surface area contributed by atoms with Gasteiger partial charge in [0, 0.05) is 23.7 Å². The molecule has 6 heteroatoms. The molecule has 0 aliphatic carbocycles. The van der Waals surface area contributed by atoms with Gasteiger partial charge in [-0.1, -0.05) is 23.4 Å². The van der Waals surface area contributed by atoms with Crippen LogP contribution in [0.2, 0.25) is 0 Å². The van der Waals surface area contributed by atoms with Crippen LogP contribution >= 0.6 is 0 Å². The number of nitrogens with zero attached hydrogens (tertiary/aromatic N) is 1. The van der Waals surface area contributed by atoms with E-state index in [0.717, 1.165) is 5.56 Å². The average Bonchev–Trinajstić information content (AvgIpc) is 3.05. The highest BCUT2D eigenvalue weighted by atomic mass is 16.6. The number of amides is 1. The number of methoxy groups -OCH3 is 1. The Hall–Kier alpha value is -3.02. The Kier molecular flexibility index (Phi) is 4.14. The molecule has 2 aromatic rings. The maximum Gasteiger partial charge on any atom is 0.268 e. The number of phenols is 1. The minimum absolute atomic E-state index is 0.0844. The van der Waals surface area contributed by atoms with Crippen LogP contribution in [0.15, 0.2) is 53.7 Å². The summed E-state index contributed by atoms with van der Waals surface area (Å²) in [5.41, 5.74) is 1.98. The molecular weight excluding hydrogens is 296 g/mol. The van der Waals surface area contributed by atoms with Crippen molar-refractivity contribution in [3.63, 3.8) is 0 Å². The van der Waals surface area contributed by atoms with Crippen LogP contribution in [-0.4, -0.2) is 29.9 Å². The molecule has 0 fully saturated rings. The molecule has 118 valence electrons. The molecule has 0 saturated carbocycles. The fourth-order valence-corrected chi connectivity index (χ4v) is 2.37. The Bertz CT molecular complexity index is 758. The first kappa shape index (κ1) is 14.9. The molecule has 1 aliphatic rings. The fourth-order valence-electron chi connectivity index (χ4n) is 2.37. The molecule has 1 atom stereocenters. The molecule has 0 aromatic heterocycles. The first-order valence-electron chi connectivity index (χ1n) is 7.13. The average molecular weight is 312 g/mol. The van der Waals surface area contributed by atoms with Gasteiger partial charge in [-0.3, -0.25) is 4.79 Å². The van der Waals surface area contributed by atoms with E-state index in [9.17, 15) is 9.90 Å². The van der Waals surface area contributed by atoms with Gasteiger partial charge in [-0.25, -0.2) is 0 Å². The summed E-state index contributed by atoms with van der Waals surface area (Å²) in [6.45, 7) is 0. The molecule has 1 amide bonds. The second-order valence-corrected chi connectivity index (χ2v) is 5.08. The normalized spacial score (nSPS) is 16.4. The molecule has 0 radical (unpaired) electrons. The van der Waals surface area contributed by atoms with E-state index in [1.165, 1.54) is 12.1 Å². The van der Waals surface area contributed by atoms with Gasteiger partial charge in [0.2, 0.25) is 6.10 Å². The minimum Gasteiger partial charge on any atom is -0.508 e. The number of oxime groups is 1. The van der Waals surface area contributed by atoms with Crippen LogP contribution in [0.25, 0.3) is 0 Å². The Morgan fingerprint density at radius 1 is 1.30 bits per heavy atom. The summed E-state index contributed by atoms with van der Waals surface area (Å²) >= 11 is 0. The van der Waals surface area contributed by atoms with E-state index < -0.39 is 6.10 Å². The lowest BCUT2D eigenvalue weighted by Crippen LogP contribution is -2.28. The summed E-state index contributed by atoms with van der Waals surface area (Å²) in [6.07, 6.45) is -0.359. The number of phenolic OH excluding ortho intramolecular Hbond substituents is 1. The first-order valence-corrected chi connectivity index (χ1v) is 7.13. The summed E-state index contributed by atoms with van der Waals surface area (Å²) in [5.74, 6) is 0.453. The fraction of sp³-hybridized carbons (Fsp3) is 0.176.